The summed E-state index contributed by atoms with van der Waals surface area (Å²) in [4.78, 5) is 21.9. The van der Waals surface area contributed by atoms with E-state index in [9.17, 15) is 9.59 Å². The van der Waals surface area contributed by atoms with Crippen molar-refractivity contribution in [2.24, 2.45) is 5.73 Å². The van der Waals surface area contributed by atoms with E-state index < -0.39 is 12.0 Å². The topological polar surface area (TPSA) is 102 Å². The van der Waals surface area contributed by atoms with E-state index in [4.69, 9.17) is 15.6 Å². The molecule has 0 saturated heterocycles. The summed E-state index contributed by atoms with van der Waals surface area (Å²) in [5.74, 6) is -0.478. The molecule has 6 heteroatoms. The van der Waals surface area contributed by atoms with Crippen LogP contribution >= 0.6 is 0 Å². The first kappa shape index (κ1) is 15.0. The van der Waals surface area contributed by atoms with Crippen molar-refractivity contribution in [1.29, 1.82) is 0 Å². The number of carbonyl (C=O) groups is 2. The van der Waals surface area contributed by atoms with Crippen LogP contribution in [0.2, 0.25) is 0 Å². The van der Waals surface area contributed by atoms with Crippen LogP contribution in [0.3, 0.4) is 0 Å². The Morgan fingerprint density at radius 3 is 2.84 bits per heavy atom. The second-order valence-electron chi connectivity index (χ2n) is 4.14. The van der Waals surface area contributed by atoms with Crippen LogP contribution in [-0.2, 0) is 9.59 Å². The number of aryl methyl sites for hydroxylation is 1. The van der Waals surface area contributed by atoms with Gasteiger partial charge >= 0.3 is 0 Å². The third kappa shape index (κ3) is 5.87. The predicted octanol–water partition coefficient (Wildman–Crippen LogP) is -0.274. The summed E-state index contributed by atoms with van der Waals surface area (Å²) in [5.41, 5.74) is 5.92. The molecule has 0 aromatic heterocycles. The van der Waals surface area contributed by atoms with Gasteiger partial charge in [0.15, 0.2) is 0 Å². The highest BCUT2D eigenvalue weighted by Gasteiger charge is 2.11. The van der Waals surface area contributed by atoms with Gasteiger partial charge < -0.3 is 20.9 Å². The number of carbonyl (C=O) groups excluding carboxylic acids is 2. The normalized spacial score (nSPS) is 11.7. The summed E-state index contributed by atoms with van der Waals surface area (Å²) in [6.45, 7) is 1.99. The van der Waals surface area contributed by atoms with E-state index in [0.29, 0.717) is 5.75 Å². The molecule has 0 fully saturated rings. The zero-order chi connectivity index (χ0) is 14.3. The standard InChI is InChI=1S/C13H18N2O4/c1-9-3-2-4-10(7-9)19-6-5-12(17)15-8-11(16)13(14)18/h2-4,7,11,16H,5-6,8H2,1H3,(H2,14,18)(H,15,17). The van der Waals surface area contributed by atoms with E-state index in [1.54, 1.807) is 0 Å². The fourth-order valence-electron chi connectivity index (χ4n) is 1.37. The molecule has 0 spiro atoms. The summed E-state index contributed by atoms with van der Waals surface area (Å²) in [6, 6.07) is 7.50. The quantitative estimate of drug-likeness (QED) is 0.632. The van der Waals surface area contributed by atoms with Crippen molar-refractivity contribution in [1.82, 2.24) is 5.32 Å². The van der Waals surface area contributed by atoms with E-state index in [1.807, 2.05) is 31.2 Å². The first-order chi connectivity index (χ1) is 8.99. The van der Waals surface area contributed by atoms with E-state index >= 15 is 0 Å². The SMILES string of the molecule is Cc1cccc(OCCC(=O)NCC(O)C(N)=O)c1. The van der Waals surface area contributed by atoms with Gasteiger partial charge in [0.25, 0.3) is 0 Å². The number of hydrogen-bond acceptors (Lipinski definition) is 4. The van der Waals surface area contributed by atoms with Crippen molar-refractivity contribution < 1.29 is 19.4 Å². The number of rotatable bonds is 7. The van der Waals surface area contributed by atoms with Crippen molar-refractivity contribution in [3.05, 3.63) is 29.8 Å². The Bertz CT molecular complexity index is 448. The molecule has 104 valence electrons. The highest BCUT2D eigenvalue weighted by molar-refractivity contribution is 5.80. The highest BCUT2D eigenvalue weighted by atomic mass is 16.5. The number of aliphatic hydroxyl groups excluding tert-OH is 1. The average Bonchev–Trinajstić information content (AvgIpc) is 2.36. The van der Waals surface area contributed by atoms with Crippen molar-refractivity contribution in [3.8, 4) is 5.75 Å². The number of aliphatic hydroxyl groups is 1. The van der Waals surface area contributed by atoms with Gasteiger partial charge in [-0.15, -0.1) is 0 Å². The zero-order valence-electron chi connectivity index (χ0n) is 10.8. The van der Waals surface area contributed by atoms with Gasteiger partial charge in [0.1, 0.15) is 11.9 Å². The molecule has 0 aliphatic rings. The van der Waals surface area contributed by atoms with Gasteiger partial charge in [-0.05, 0) is 24.6 Å². The van der Waals surface area contributed by atoms with Gasteiger partial charge in [0.05, 0.1) is 19.6 Å². The molecule has 0 aliphatic carbocycles. The molecule has 2 amide bonds. The molecule has 0 heterocycles. The molecule has 0 radical (unpaired) electrons. The van der Waals surface area contributed by atoms with Gasteiger partial charge in [-0.1, -0.05) is 12.1 Å². The van der Waals surface area contributed by atoms with Crippen LogP contribution in [0, 0.1) is 6.92 Å². The van der Waals surface area contributed by atoms with Crippen LogP contribution < -0.4 is 15.8 Å². The van der Waals surface area contributed by atoms with Gasteiger partial charge in [0.2, 0.25) is 11.8 Å². The lowest BCUT2D eigenvalue weighted by molar-refractivity contribution is -0.127. The largest absolute Gasteiger partial charge is 0.493 e. The predicted molar refractivity (Wildman–Crippen MR) is 69.5 cm³/mol. The van der Waals surface area contributed by atoms with E-state index in [1.165, 1.54) is 0 Å². The maximum atomic E-state index is 11.4. The third-order valence-corrected chi connectivity index (χ3v) is 2.41. The van der Waals surface area contributed by atoms with Gasteiger partial charge in [-0.25, -0.2) is 0 Å². The Kier molecular flexibility index (Phi) is 5.81. The summed E-state index contributed by atoms with van der Waals surface area (Å²) < 4.78 is 5.40. The molecule has 0 saturated carbocycles. The van der Waals surface area contributed by atoms with Gasteiger partial charge in [-0.2, -0.15) is 0 Å². The molecule has 6 nitrogen and oxygen atoms in total. The summed E-state index contributed by atoms with van der Waals surface area (Å²) in [7, 11) is 0. The smallest absolute Gasteiger partial charge is 0.248 e. The molecule has 1 aromatic rings. The Balaban J connectivity index is 2.22. The lowest BCUT2D eigenvalue weighted by Crippen LogP contribution is -2.40. The number of primary amides is 1. The van der Waals surface area contributed by atoms with Crippen LogP contribution in [0.15, 0.2) is 24.3 Å². The Morgan fingerprint density at radius 2 is 2.21 bits per heavy atom. The first-order valence-corrected chi connectivity index (χ1v) is 5.92. The Morgan fingerprint density at radius 1 is 1.47 bits per heavy atom. The minimum absolute atomic E-state index is 0.138. The first-order valence-electron chi connectivity index (χ1n) is 5.92. The second kappa shape index (κ2) is 7.38. The van der Waals surface area contributed by atoms with Crippen LogP contribution in [-0.4, -0.2) is 36.2 Å². The molecule has 1 atom stereocenters. The fourth-order valence-corrected chi connectivity index (χ4v) is 1.37. The molecular formula is C13H18N2O4. The van der Waals surface area contributed by atoms with E-state index in [-0.39, 0.29) is 25.5 Å². The number of nitrogens with one attached hydrogen (secondary N) is 1. The van der Waals surface area contributed by atoms with Crippen LogP contribution in [0.25, 0.3) is 0 Å². The molecule has 4 N–H and O–H groups in total. The maximum Gasteiger partial charge on any atom is 0.248 e. The Hall–Kier alpha value is -2.08. The van der Waals surface area contributed by atoms with Crippen LogP contribution in [0.1, 0.15) is 12.0 Å². The molecule has 19 heavy (non-hydrogen) atoms. The van der Waals surface area contributed by atoms with Crippen LogP contribution in [0.4, 0.5) is 0 Å². The molecule has 1 aromatic carbocycles. The minimum atomic E-state index is -1.36. The van der Waals surface area contributed by atoms with Crippen LogP contribution in [0.5, 0.6) is 5.75 Å². The van der Waals surface area contributed by atoms with Gasteiger partial charge in [0, 0.05) is 0 Å². The lowest BCUT2D eigenvalue weighted by Gasteiger charge is -2.09. The van der Waals surface area contributed by atoms with Crippen molar-refractivity contribution in [2.45, 2.75) is 19.4 Å². The van der Waals surface area contributed by atoms with E-state index in [0.717, 1.165) is 5.56 Å². The minimum Gasteiger partial charge on any atom is -0.493 e. The molecule has 0 bridgehead atoms. The number of hydrogen-bond donors (Lipinski definition) is 3. The zero-order valence-corrected chi connectivity index (χ0v) is 10.8. The summed E-state index contributed by atoms with van der Waals surface area (Å²) in [5, 5.41) is 11.5. The number of ether oxygens (including phenoxy) is 1. The second-order valence-corrected chi connectivity index (χ2v) is 4.14. The number of amides is 2. The lowest BCUT2D eigenvalue weighted by atomic mass is 10.2. The number of nitrogens with two attached hydrogens (primary N) is 1. The molecule has 1 rings (SSSR count). The van der Waals surface area contributed by atoms with Crippen molar-refractivity contribution in [3.63, 3.8) is 0 Å². The van der Waals surface area contributed by atoms with E-state index in [2.05, 4.69) is 5.32 Å². The summed E-state index contributed by atoms with van der Waals surface area (Å²) >= 11 is 0. The molecule has 1 unspecified atom stereocenters. The fraction of sp³-hybridized carbons (Fsp3) is 0.385. The monoisotopic (exact) mass is 266 g/mol. The van der Waals surface area contributed by atoms with Gasteiger partial charge in [-0.3, -0.25) is 9.59 Å². The molecular weight excluding hydrogens is 248 g/mol. The van der Waals surface area contributed by atoms with Crippen molar-refractivity contribution >= 4 is 11.8 Å². The maximum absolute atomic E-state index is 11.4. The third-order valence-electron chi connectivity index (χ3n) is 2.41. The number of benzene rings is 1. The highest BCUT2D eigenvalue weighted by Crippen LogP contribution is 2.12. The average molecular weight is 266 g/mol. The van der Waals surface area contributed by atoms with Crippen molar-refractivity contribution in [2.75, 3.05) is 13.2 Å². The molecule has 0 aliphatic heterocycles. The summed E-state index contributed by atoms with van der Waals surface area (Å²) in [6.07, 6.45) is -1.22. The Labute approximate surface area is 111 Å².